The Morgan fingerprint density at radius 2 is 1.70 bits per heavy atom. The van der Waals surface area contributed by atoms with Crippen LogP contribution in [-0.2, 0) is 10.0 Å². The molecule has 0 amide bonds. The van der Waals surface area contributed by atoms with E-state index in [1.54, 1.807) is 12.1 Å². The quantitative estimate of drug-likeness (QED) is 0.677. The smallest absolute Gasteiger partial charge is 0.261 e. The maximum atomic E-state index is 13.1. The summed E-state index contributed by atoms with van der Waals surface area (Å²) in [4.78, 5) is 4.63. The van der Waals surface area contributed by atoms with Gasteiger partial charge in [-0.1, -0.05) is 18.9 Å². The van der Waals surface area contributed by atoms with Crippen molar-refractivity contribution in [3.05, 3.63) is 60.4 Å². The molecule has 0 aliphatic heterocycles. The molecule has 1 aliphatic carbocycles. The highest BCUT2D eigenvalue weighted by atomic mass is 32.2. The van der Waals surface area contributed by atoms with Gasteiger partial charge in [0.2, 0.25) is 0 Å². The Kier molecular flexibility index (Phi) is 4.70. The molecule has 140 valence electrons. The van der Waals surface area contributed by atoms with Crippen molar-refractivity contribution in [3.63, 3.8) is 0 Å². The zero-order chi connectivity index (χ0) is 18.9. The van der Waals surface area contributed by atoms with E-state index in [4.69, 9.17) is 0 Å². The first-order valence-electron chi connectivity index (χ1n) is 8.96. The van der Waals surface area contributed by atoms with Crippen LogP contribution in [0, 0.1) is 5.82 Å². The molecule has 2 aromatic carbocycles. The number of halogens is 1. The molecule has 1 saturated carbocycles. The Balaban J connectivity index is 1.62. The molecule has 1 heterocycles. The van der Waals surface area contributed by atoms with Gasteiger partial charge in [0, 0.05) is 11.4 Å². The van der Waals surface area contributed by atoms with Crippen LogP contribution < -0.4 is 10.0 Å². The zero-order valence-electron chi connectivity index (χ0n) is 14.7. The molecular weight excluding hydrogens is 365 g/mol. The molecule has 5 nitrogen and oxygen atoms in total. The molecule has 1 fully saturated rings. The van der Waals surface area contributed by atoms with Gasteiger partial charge in [-0.05, 0) is 61.4 Å². The SMILES string of the molecule is O=S(=O)(Nc1cccc2nc(NC3CCCC3)ccc12)c1ccc(F)cc1. The number of benzene rings is 2. The van der Waals surface area contributed by atoms with E-state index in [2.05, 4.69) is 15.0 Å². The highest BCUT2D eigenvalue weighted by Crippen LogP contribution is 2.27. The third kappa shape index (κ3) is 3.88. The number of pyridine rings is 1. The number of anilines is 2. The van der Waals surface area contributed by atoms with Crippen LogP contribution in [0.5, 0.6) is 0 Å². The number of nitrogens with one attached hydrogen (secondary N) is 2. The van der Waals surface area contributed by atoms with E-state index >= 15 is 0 Å². The van der Waals surface area contributed by atoms with E-state index in [0.717, 1.165) is 30.8 Å². The predicted molar refractivity (Wildman–Crippen MR) is 105 cm³/mol. The van der Waals surface area contributed by atoms with Gasteiger partial charge in [-0.25, -0.2) is 17.8 Å². The summed E-state index contributed by atoms with van der Waals surface area (Å²) >= 11 is 0. The molecule has 0 saturated heterocycles. The Morgan fingerprint density at radius 1 is 0.963 bits per heavy atom. The van der Waals surface area contributed by atoms with Crippen molar-refractivity contribution in [3.8, 4) is 0 Å². The van der Waals surface area contributed by atoms with Crippen LogP contribution in [0.1, 0.15) is 25.7 Å². The largest absolute Gasteiger partial charge is 0.367 e. The van der Waals surface area contributed by atoms with Crippen LogP contribution in [0.3, 0.4) is 0 Å². The lowest BCUT2D eigenvalue weighted by Crippen LogP contribution is -2.15. The molecule has 0 unspecified atom stereocenters. The summed E-state index contributed by atoms with van der Waals surface area (Å²) in [6.45, 7) is 0. The van der Waals surface area contributed by atoms with Crippen LogP contribution in [0.4, 0.5) is 15.9 Å². The summed E-state index contributed by atoms with van der Waals surface area (Å²) in [7, 11) is -3.81. The molecule has 0 atom stereocenters. The van der Waals surface area contributed by atoms with E-state index in [-0.39, 0.29) is 4.90 Å². The second-order valence-electron chi connectivity index (χ2n) is 6.75. The fourth-order valence-corrected chi connectivity index (χ4v) is 4.50. The molecule has 0 radical (unpaired) electrons. The van der Waals surface area contributed by atoms with Gasteiger partial charge < -0.3 is 5.32 Å². The van der Waals surface area contributed by atoms with E-state index in [0.29, 0.717) is 22.6 Å². The summed E-state index contributed by atoms with van der Waals surface area (Å²) in [6.07, 6.45) is 4.77. The molecule has 1 aliphatic rings. The number of hydrogen-bond acceptors (Lipinski definition) is 4. The Labute approximate surface area is 157 Å². The van der Waals surface area contributed by atoms with E-state index in [1.165, 1.54) is 25.0 Å². The normalized spacial score (nSPS) is 15.1. The lowest BCUT2D eigenvalue weighted by molar-refractivity contribution is 0.599. The maximum absolute atomic E-state index is 13.1. The number of fused-ring (bicyclic) bond motifs is 1. The minimum Gasteiger partial charge on any atom is -0.367 e. The first-order chi connectivity index (χ1) is 13.0. The van der Waals surface area contributed by atoms with Crippen LogP contribution in [0.25, 0.3) is 10.9 Å². The van der Waals surface area contributed by atoms with Gasteiger partial charge in [0.1, 0.15) is 11.6 Å². The van der Waals surface area contributed by atoms with Gasteiger partial charge in [0.15, 0.2) is 0 Å². The molecule has 0 bridgehead atoms. The minimum absolute atomic E-state index is 0.00776. The van der Waals surface area contributed by atoms with Gasteiger partial charge in [0.25, 0.3) is 10.0 Å². The third-order valence-electron chi connectivity index (χ3n) is 4.81. The molecule has 1 aromatic heterocycles. The fourth-order valence-electron chi connectivity index (χ4n) is 3.42. The molecule has 2 N–H and O–H groups in total. The van der Waals surface area contributed by atoms with Crippen molar-refractivity contribution in [2.24, 2.45) is 0 Å². The average Bonchev–Trinajstić information content (AvgIpc) is 3.15. The van der Waals surface area contributed by atoms with Gasteiger partial charge in [-0.3, -0.25) is 4.72 Å². The Morgan fingerprint density at radius 3 is 2.44 bits per heavy atom. The third-order valence-corrected chi connectivity index (χ3v) is 6.19. The lowest BCUT2D eigenvalue weighted by atomic mass is 10.2. The summed E-state index contributed by atoms with van der Waals surface area (Å²) < 4.78 is 40.8. The highest BCUT2D eigenvalue weighted by molar-refractivity contribution is 7.92. The van der Waals surface area contributed by atoms with Crippen molar-refractivity contribution in [2.75, 3.05) is 10.0 Å². The summed E-state index contributed by atoms with van der Waals surface area (Å²) in [5.41, 5.74) is 1.15. The number of aromatic nitrogens is 1. The van der Waals surface area contributed by atoms with Crippen LogP contribution >= 0.6 is 0 Å². The van der Waals surface area contributed by atoms with E-state index < -0.39 is 15.8 Å². The monoisotopic (exact) mass is 385 g/mol. The number of rotatable bonds is 5. The maximum Gasteiger partial charge on any atom is 0.261 e. The Hall–Kier alpha value is -2.67. The van der Waals surface area contributed by atoms with Crippen molar-refractivity contribution < 1.29 is 12.8 Å². The molecule has 0 spiro atoms. The second kappa shape index (κ2) is 7.15. The summed E-state index contributed by atoms with van der Waals surface area (Å²) in [6, 6.07) is 14.2. The average molecular weight is 385 g/mol. The van der Waals surface area contributed by atoms with Crippen molar-refractivity contribution in [1.29, 1.82) is 0 Å². The van der Waals surface area contributed by atoms with Crippen molar-refractivity contribution in [1.82, 2.24) is 4.98 Å². The number of hydrogen-bond donors (Lipinski definition) is 2. The fraction of sp³-hybridized carbons (Fsp3) is 0.250. The topological polar surface area (TPSA) is 71.1 Å². The lowest BCUT2D eigenvalue weighted by Gasteiger charge is -2.14. The van der Waals surface area contributed by atoms with Gasteiger partial charge >= 0.3 is 0 Å². The highest BCUT2D eigenvalue weighted by Gasteiger charge is 2.17. The van der Waals surface area contributed by atoms with Gasteiger partial charge in [-0.15, -0.1) is 0 Å². The van der Waals surface area contributed by atoms with Gasteiger partial charge in [0.05, 0.1) is 16.1 Å². The molecule has 27 heavy (non-hydrogen) atoms. The predicted octanol–water partition coefficient (Wildman–Crippen LogP) is 4.53. The van der Waals surface area contributed by atoms with E-state index in [9.17, 15) is 12.8 Å². The molecule has 4 rings (SSSR count). The molecular formula is C20H20FN3O2S. The second-order valence-corrected chi connectivity index (χ2v) is 8.44. The number of nitrogens with zero attached hydrogens (tertiary/aromatic N) is 1. The van der Waals surface area contributed by atoms with Crippen LogP contribution in [-0.4, -0.2) is 19.4 Å². The number of sulfonamides is 1. The van der Waals surface area contributed by atoms with Crippen LogP contribution in [0.15, 0.2) is 59.5 Å². The molecule has 7 heteroatoms. The van der Waals surface area contributed by atoms with Crippen LogP contribution in [0.2, 0.25) is 0 Å². The van der Waals surface area contributed by atoms with Crippen molar-refractivity contribution >= 4 is 32.4 Å². The summed E-state index contributed by atoms with van der Waals surface area (Å²) in [5, 5.41) is 4.16. The first-order valence-corrected chi connectivity index (χ1v) is 10.4. The van der Waals surface area contributed by atoms with Gasteiger partial charge in [-0.2, -0.15) is 0 Å². The molecule has 3 aromatic rings. The standard InChI is InChI=1S/C20H20FN3O2S/c21-14-8-10-16(11-9-14)27(25,26)24-19-7-3-6-18-17(19)12-13-20(23-18)22-15-4-1-2-5-15/h3,6-13,15,24H,1-2,4-5H2,(H,22,23). The Bertz CT molecular complexity index is 1060. The first kappa shape index (κ1) is 17.7. The summed E-state index contributed by atoms with van der Waals surface area (Å²) in [5.74, 6) is 0.318. The minimum atomic E-state index is -3.81. The van der Waals surface area contributed by atoms with Crippen molar-refractivity contribution in [2.45, 2.75) is 36.6 Å². The zero-order valence-corrected chi connectivity index (χ0v) is 15.5. The van der Waals surface area contributed by atoms with E-state index in [1.807, 2.05) is 18.2 Å².